The number of urea groups is 1. The lowest BCUT2D eigenvalue weighted by Gasteiger charge is -2.21. The number of carbonyl (C=O) groups is 3. The Balaban J connectivity index is 1.82. The fourth-order valence-electron chi connectivity index (χ4n) is 3.61. The minimum absolute atomic E-state index is 0.0416. The molecule has 1 N–H and O–H groups in total. The van der Waals surface area contributed by atoms with Crippen LogP contribution in [0.25, 0.3) is 0 Å². The van der Waals surface area contributed by atoms with Gasteiger partial charge in [-0.2, -0.15) is 4.31 Å². The van der Waals surface area contributed by atoms with Crippen LogP contribution in [0, 0.1) is 0 Å². The number of sulfonamides is 1. The van der Waals surface area contributed by atoms with Crippen molar-refractivity contribution in [1.82, 2.24) is 14.5 Å². The molecule has 2 aliphatic heterocycles. The van der Waals surface area contributed by atoms with Gasteiger partial charge in [0, 0.05) is 26.2 Å². The van der Waals surface area contributed by atoms with Gasteiger partial charge in [-0.15, -0.1) is 0 Å². The minimum atomic E-state index is -3.79. The molecule has 3 rings (SSSR count). The van der Waals surface area contributed by atoms with Crippen LogP contribution in [0.1, 0.15) is 43.0 Å². The van der Waals surface area contributed by atoms with E-state index in [1.807, 2.05) is 0 Å². The average Bonchev–Trinajstić information content (AvgIpc) is 3.00. The molecule has 0 bridgehead atoms. The zero-order valence-electron chi connectivity index (χ0n) is 17.6. The molecule has 0 saturated carbocycles. The minimum Gasteiger partial charge on any atom is -0.496 e. The quantitative estimate of drug-likeness (QED) is 0.645. The van der Waals surface area contributed by atoms with Gasteiger partial charge in [0.1, 0.15) is 11.3 Å². The smallest absolute Gasteiger partial charge is 0.342 e. The van der Waals surface area contributed by atoms with Crippen molar-refractivity contribution in [1.29, 1.82) is 0 Å². The molecule has 170 valence electrons. The van der Waals surface area contributed by atoms with Crippen molar-refractivity contribution in [2.75, 3.05) is 33.3 Å². The molecule has 3 amide bonds. The summed E-state index contributed by atoms with van der Waals surface area (Å²) in [6.07, 6.45) is 2.30. The topological polar surface area (TPSA) is 122 Å². The maximum absolute atomic E-state index is 13.1. The van der Waals surface area contributed by atoms with Crippen LogP contribution in [0.4, 0.5) is 4.79 Å². The van der Waals surface area contributed by atoms with Crippen molar-refractivity contribution in [3.05, 3.63) is 23.8 Å². The molecule has 1 unspecified atom stereocenters. The van der Waals surface area contributed by atoms with Crippen LogP contribution in [0.3, 0.4) is 0 Å². The summed E-state index contributed by atoms with van der Waals surface area (Å²) in [4.78, 5) is 37.8. The zero-order valence-corrected chi connectivity index (χ0v) is 18.4. The van der Waals surface area contributed by atoms with E-state index in [0.29, 0.717) is 19.6 Å². The molecule has 0 aliphatic carbocycles. The lowest BCUT2D eigenvalue weighted by molar-refractivity contribution is -0.136. The van der Waals surface area contributed by atoms with E-state index >= 15 is 0 Å². The monoisotopic (exact) mass is 453 g/mol. The molecule has 1 atom stereocenters. The molecule has 31 heavy (non-hydrogen) atoms. The van der Waals surface area contributed by atoms with E-state index in [9.17, 15) is 22.8 Å². The van der Waals surface area contributed by atoms with Gasteiger partial charge in [-0.25, -0.2) is 18.0 Å². The number of carbonyl (C=O) groups excluding carboxylic acids is 3. The molecular formula is C20H27N3O7S. The summed E-state index contributed by atoms with van der Waals surface area (Å²) in [5.74, 6) is -1.45. The van der Waals surface area contributed by atoms with Gasteiger partial charge in [0.25, 0.3) is 5.91 Å². The highest BCUT2D eigenvalue weighted by Gasteiger charge is 2.33. The van der Waals surface area contributed by atoms with Crippen molar-refractivity contribution in [3.8, 4) is 5.75 Å². The highest BCUT2D eigenvalue weighted by Crippen LogP contribution is 2.27. The van der Waals surface area contributed by atoms with Crippen LogP contribution >= 0.6 is 0 Å². The Labute approximate surface area is 181 Å². The second-order valence-corrected chi connectivity index (χ2v) is 9.39. The summed E-state index contributed by atoms with van der Waals surface area (Å²) in [7, 11) is -2.44. The molecule has 0 aromatic heterocycles. The maximum atomic E-state index is 13.1. The van der Waals surface area contributed by atoms with E-state index in [1.165, 1.54) is 36.5 Å². The van der Waals surface area contributed by atoms with Gasteiger partial charge >= 0.3 is 12.0 Å². The van der Waals surface area contributed by atoms with Gasteiger partial charge in [0.15, 0.2) is 6.10 Å². The molecule has 11 heteroatoms. The Morgan fingerprint density at radius 3 is 2.35 bits per heavy atom. The van der Waals surface area contributed by atoms with Crippen LogP contribution in [0.2, 0.25) is 0 Å². The predicted molar refractivity (Wildman–Crippen MR) is 110 cm³/mol. The molecule has 2 saturated heterocycles. The summed E-state index contributed by atoms with van der Waals surface area (Å²) in [5, 5.41) is 2.50. The lowest BCUT2D eigenvalue weighted by atomic mass is 10.2. The van der Waals surface area contributed by atoms with Gasteiger partial charge in [-0.3, -0.25) is 9.69 Å². The number of hydrogen-bond donors (Lipinski definition) is 1. The maximum Gasteiger partial charge on any atom is 0.342 e. The van der Waals surface area contributed by atoms with Crippen molar-refractivity contribution in [2.45, 2.75) is 43.6 Å². The number of ether oxygens (including phenoxy) is 2. The number of rotatable bonds is 6. The first kappa shape index (κ1) is 23.0. The Bertz CT molecular complexity index is 956. The molecule has 2 heterocycles. The van der Waals surface area contributed by atoms with E-state index in [0.717, 1.165) is 30.6 Å². The first-order valence-corrected chi connectivity index (χ1v) is 11.7. The second-order valence-electron chi connectivity index (χ2n) is 7.45. The van der Waals surface area contributed by atoms with Crippen molar-refractivity contribution >= 4 is 27.9 Å². The third-order valence-corrected chi connectivity index (χ3v) is 7.24. The van der Waals surface area contributed by atoms with E-state index in [1.54, 1.807) is 0 Å². The average molecular weight is 454 g/mol. The predicted octanol–water partition coefficient (Wildman–Crippen LogP) is 1.36. The number of nitrogens with zero attached hydrogens (tertiary/aromatic N) is 2. The molecule has 2 fully saturated rings. The lowest BCUT2D eigenvalue weighted by Crippen LogP contribution is -2.41. The van der Waals surface area contributed by atoms with Crippen LogP contribution in [0.5, 0.6) is 5.75 Å². The molecule has 1 aromatic rings. The Kier molecular flexibility index (Phi) is 7.16. The molecule has 0 radical (unpaired) electrons. The molecule has 1 aromatic carbocycles. The van der Waals surface area contributed by atoms with E-state index in [4.69, 9.17) is 9.47 Å². The SMILES string of the molecule is COc1ccc(S(=O)(=O)N2CCCCCC2)cc1C(=O)OC(C)C(=O)N1CCNC1=O. The Morgan fingerprint density at radius 1 is 1.10 bits per heavy atom. The van der Waals surface area contributed by atoms with Crippen molar-refractivity contribution < 1.29 is 32.3 Å². The van der Waals surface area contributed by atoms with Gasteiger partial charge in [-0.1, -0.05) is 12.8 Å². The molecular weight excluding hydrogens is 426 g/mol. The third kappa shape index (κ3) is 4.99. The fraction of sp³-hybridized carbons (Fsp3) is 0.550. The summed E-state index contributed by atoms with van der Waals surface area (Å²) < 4.78 is 38.0. The highest BCUT2D eigenvalue weighted by molar-refractivity contribution is 7.89. The van der Waals surface area contributed by atoms with Crippen LogP contribution in [-0.2, 0) is 19.6 Å². The van der Waals surface area contributed by atoms with E-state index < -0.39 is 34.0 Å². The highest BCUT2D eigenvalue weighted by atomic mass is 32.2. The number of amides is 3. The molecule has 10 nitrogen and oxygen atoms in total. The summed E-state index contributed by atoms with van der Waals surface area (Å²) in [6, 6.07) is 3.44. The molecule has 2 aliphatic rings. The number of imide groups is 1. The number of benzene rings is 1. The van der Waals surface area contributed by atoms with Crippen LogP contribution in [-0.4, -0.2) is 74.9 Å². The van der Waals surface area contributed by atoms with Gasteiger partial charge in [0.05, 0.1) is 12.0 Å². The largest absolute Gasteiger partial charge is 0.496 e. The van der Waals surface area contributed by atoms with Gasteiger partial charge < -0.3 is 14.8 Å². The van der Waals surface area contributed by atoms with Crippen molar-refractivity contribution in [2.24, 2.45) is 0 Å². The number of nitrogens with one attached hydrogen (secondary N) is 1. The normalized spacial score (nSPS) is 18.8. The van der Waals surface area contributed by atoms with E-state index in [-0.39, 0.29) is 22.8 Å². The Hall–Kier alpha value is -2.66. The standard InChI is InChI=1S/C20H27N3O7S/c1-14(18(24)23-12-9-21-20(23)26)30-19(25)16-13-15(7-8-17(16)29-2)31(27,28)22-10-5-3-4-6-11-22/h7-8,13-14H,3-6,9-12H2,1-2H3,(H,21,26). The summed E-state index contributed by atoms with van der Waals surface area (Å²) in [6.45, 7) is 2.73. The number of esters is 1. The number of hydrogen-bond acceptors (Lipinski definition) is 7. The fourth-order valence-corrected chi connectivity index (χ4v) is 5.16. The number of methoxy groups -OCH3 is 1. The second kappa shape index (κ2) is 9.65. The van der Waals surface area contributed by atoms with Gasteiger partial charge in [0.2, 0.25) is 10.0 Å². The summed E-state index contributed by atoms with van der Waals surface area (Å²) in [5.41, 5.74) is -0.107. The third-order valence-electron chi connectivity index (χ3n) is 5.35. The first-order chi connectivity index (χ1) is 14.8. The summed E-state index contributed by atoms with van der Waals surface area (Å²) >= 11 is 0. The van der Waals surface area contributed by atoms with Crippen LogP contribution < -0.4 is 10.1 Å². The molecule has 0 spiro atoms. The van der Waals surface area contributed by atoms with Gasteiger partial charge in [-0.05, 0) is 38.0 Å². The van der Waals surface area contributed by atoms with E-state index in [2.05, 4.69) is 5.32 Å². The first-order valence-electron chi connectivity index (χ1n) is 10.2. The van der Waals surface area contributed by atoms with Crippen molar-refractivity contribution in [3.63, 3.8) is 0 Å². The van der Waals surface area contributed by atoms with Crippen LogP contribution in [0.15, 0.2) is 23.1 Å². The Morgan fingerprint density at radius 2 is 1.77 bits per heavy atom. The zero-order chi connectivity index (χ0) is 22.6.